The molecule has 1 heterocycles. The van der Waals surface area contributed by atoms with E-state index in [4.69, 9.17) is 5.73 Å². The van der Waals surface area contributed by atoms with Gasteiger partial charge >= 0.3 is 5.97 Å². The van der Waals surface area contributed by atoms with Gasteiger partial charge in [0.15, 0.2) is 5.78 Å². The summed E-state index contributed by atoms with van der Waals surface area (Å²) in [7, 11) is 1.51. The van der Waals surface area contributed by atoms with Gasteiger partial charge in [0.05, 0.1) is 0 Å². The second-order valence-electron chi connectivity index (χ2n) is 15.2. The molecule has 2 aromatic carbocycles. The number of benzene rings is 2. The Hall–Kier alpha value is -4.25. The SMILES string of the molecule is CCCCCCCCCCCCCC(=O)C[C@@H](CCCCN)C(=O)N(C)[C@@H]1C(=O)C[C@@H](C)C(=O)N[C@H](C(=O)O)Cc2ccc(O)c(c2)-c2cc1ccc2O. The number of nitrogens with two attached hydrogens (primary N) is 1. The van der Waals surface area contributed by atoms with Crippen LogP contribution < -0.4 is 11.1 Å². The fourth-order valence-electron chi connectivity index (χ4n) is 7.37. The number of hydrogen-bond acceptors (Lipinski definition) is 8. The van der Waals surface area contributed by atoms with Crippen LogP contribution in [0.4, 0.5) is 0 Å². The third kappa shape index (κ3) is 13.6. The first-order chi connectivity index (χ1) is 25.9. The monoisotopic (exact) mass is 749 g/mol. The standard InChI is InChI=1S/C43H63N3O8/c1-4-5-6-7-8-9-10-11-12-13-14-18-33(47)27-32(17-15-16-23-44)42(52)46(3)40-31-20-22-38(49)35(28-31)34-25-30(19-21-37(34)48)26-36(43(53)54)45-41(51)29(2)24-39(40)50/h19-22,25,28-29,32,36,40,48-49H,4-18,23-24,26-27,44H2,1-3H3,(H,45,51)(H,53,54)/t29-,32-,36+,40+/m1/s1. The number of nitrogens with zero attached hydrogens (tertiary/aromatic N) is 1. The zero-order chi connectivity index (χ0) is 39.6. The van der Waals surface area contributed by atoms with Crippen LogP contribution in [0.1, 0.15) is 140 Å². The molecule has 3 rings (SSSR count). The first-order valence-corrected chi connectivity index (χ1v) is 20.1. The molecule has 54 heavy (non-hydrogen) atoms. The van der Waals surface area contributed by atoms with E-state index in [1.165, 1.54) is 94.1 Å². The molecule has 4 atom stereocenters. The normalized spacial score (nSPS) is 18.0. The fraction of sp³-hybridized carbons (Fsp3) is 0.605. The van der Waals surface area contributed by atoms with Crippen LogP contribution in [-0.2, 0) is 30.4 Å². The Balaban J connectivity index is 1.84. The van der Waals surface area contributed by atoms with Gasteiger partial charge in [-0.3, -0.25) is 19.2 Å². The number of likely N-dealkylation sites (N-methyl/N-ethyl adjacent to an activating group) is 1. The van der Waals surface area contributed by atoms with Gasteiger partial charge in [-0.2, -0.15) is 0 Å². The molecule has 0 aliphatic carbocycles. The number of aliphatic carboxylic acids is 1. The summed E-state index contributed by atoms with van der Waals surface area (Å²) >= 11 is 0. The van der Waals surface area contributed by atoms with Crippen LogP contribution in [0.3, 0.4) is 0 Å². The van der Waals surface area contributed by atoms with Gasteiger partial charge in [0.1, 0.15) is 29.4 Å². The van der Waals surface area contributed by atoms with Crippen LogP contribution in [0.5, 0.6) is 11.5 Å². The summed E-state index contributed by atoms with van der Waals surface area (Å²) < 4.78 is 0. The van der Waals surface area contributed by atoms with Gasteiger partial charge in [-0.1, -0.05) is 96.6 Å². The summed E-state index contributed by atoms with van der Waals surface area (Å²) in [4.78, 5) is 68.5. The Morgan fingerprint density at radius 3 is 2.04 bits per heavy atom. The Kier molecular flexibility index (Phi) is 18.7. The highest BCUT2D eigenvalue weighted by atomic mass is 16.4. The maximum absolute atomic E-state index is 14.3. The molecule has 0 fully saturated rings. The largest absolute Gasteiger partial charge is 0.507 e. The second-order valence-corrected chi connectivity index (χ2v) is 15.2. The van der Waals surface area contributed by atoms with E-state index in [1.807, 2.05) is 0 Å². The number of Topliss-reactive ketones (excluding diaryl/α,β-unsaturated/α-hetero) is 2. The lowest BCUT2D eigenvalue weighted by Gasteiger charge is -2.32. The predicted octanol–water partition coefficient (Wildman–Crippen LogP) is 7.39. The average molecular weight is 750 g/mol. The van der Waals surface area contributed by atoms with E-state index in [9.17, 15) is 39.3 Å². The summed E-state index contributed by atoms with van der Waals surface area (Å²) in [6.45, 7) is 4.19. The highest BCUT2D eigenvalue weighted by Crippen LogP contribution is 2.39. The zero-order valence-corrected chi connectivity index (χ0v) is 32.6. The van der Waals surface area contributed by atoms with Crippen molar-refractivity contribution in [1.82, 2.24) is 10.2 Å². The van der Waals surface area contributed by atoms with Crippen LogP contribution in [0.2, 0.25) is 0 Å². The number of amides is 2. The van der Waals surface area contributed by atoms with Crippen LogP contribution in [0, 0.1) is 11.8 Å². The van der Waals surface area contributed by atoms with E-state index in [0.29, 0.717) is 43.4 Å². The van der Waals surface area contributed by atoms with Gasteiger partial charge in [-0.15, -0.1) is 0 Å². The molecule has 0 saturated heterocycles. The van der Waals surface area contributed by atoms with Gasteiger partial charge in [-0.05, 0) is 61.2 Å². The molecule has 0 unspecified atom stereocenters. The van der Waals surface area contributed by atoms with Crippen molar-refractivity contribution in [2.75, 3.05) is 13.6 Å². The lowest BCUT2D eigenvalue weighted by Crippen LogP contribution is -2.45. The van der Waals surface area contributed by atoms with E-state index < -0.39 is 41.6 Å². The van der Waals surface area contributed by atoms with Crippen molar-refractivity contribution in [2.45, 2.75) is 142 Å². The predicted molar refractivity (Wildman–Crippen MR) is 210 cm³/mol. The number of carbonyl (C=O) groups is 5. The Morgan fingerprint density at radius 1 is 0.833 bits per heavy atom. The van der Waals surface area contributed by atoms with E-state index >= 15 is 0 Å². The summed E-state index contributed by atoms with van der Waals surface area (Å²) in [5.74, 6) is -4.74. The number of rotatable bonds is 21. The molecule has 1 aliphatic rings. The molecule has 2 aromatic rings. The number of nitrogens with one attached hydrogen (secondary N) is 1. The molecule has 11 nitrogen and oxygen atoms in total. The fourth-order valence-corrected chi connectivity index (χ4v) is 7.37. The van der Waals surface area contributed by atoms with Crippen molar-refractivity contribution in [1.29, 1.82) is 0 Å². The smallest absolute Gasteiger partial charge is 0.326 e. The third-order valence-electron chi connectivity index (χ3n) is 10.6. The molecule has 4 bridgehead atoms. The minimum Gasteiger partial charge on any atom is -0.507 e. The summed E-state index contributed by atoms with van der Waals surface area (Å²) in [6.07, 6.45) is 14.7. The van der Waals surface area contributed by atoms with Crippen molar-refractivity contribution in [3.05, 3.63) is 47.5 Å². The summed E-state index contributed by atoms with van der Waals surface area (Å²) in [5.41, 5.74) is 6.99. The van der Waals surface area contributed by atoms with Gasteiger partial charge in [0, 0.05) is 55.7 Å². The van der Waals surface area contributed by atoms with E-state index in [0.717, 1.165) is 25.7 Å². The number of fused-ring (bicyclic) bond motifs is 5. The third-order valence-corrected chi connectivity index (χ3v) is 10.6. The minimum atomic E-state index is -1.31. The molecular weight excluding hydrogens is 686 g/mol. The molecule has 0 spiro atoms. The number of phenols is 2. The van der Waals surface area contributed by atoms with Gasteiger partial charge < -0.3 is 31.3 Å². The van der Waals surface area contributed by atoms with Crippen LogP contribution in [0.25, 0.3) is 11.1 Å². The first-order valence-electron chi connectivity index (χ1n) is 20.1. The van der Waals surface area contributed by atoms with Crippen molar-refractivity contribution in [3.63, 3.8) is 0 Å². The van der Waals surface area contributed by atoms with Gasteiger partial charge in [0.2, 0.25) is 11.8 Å². The van der Waals surface area contributed by atoms with Crippen molar-refractivity contribution in [3.8, 4) is 22.6 Å². The molecule has 2 amide bonds. The highest BCUT2D eigenvalue weighted by molar-refractivity contribution is 5.95. The Morgan fingerprint density at radius 2 is 1.43 bits per heavy atom. The second kappa shape index (κ2) is 22.8. The Labute approximate surface area is 321 Å². The van der Waals surface area contributed by atoms with Crippen molar-refractivity contribution in [2.24, 2.45) is 17.6 Å². The van der Waals surface area contributed by atoms with Crippen LogP contribution in [-0.4, -0.2) is 69.2 Å². The number of carbonyl (C=O) groups excluding carboxylic acids is 4. The number of hydrogen-bond donors (Lipinski definition) is 5. The number of phenolic OH excluding ortho intramolecular Hbond substituents is 2. The maximum Gasteiger partial charge on any atom is 0.326 e. The van der Waals surface area contributed by atoms with Crippen molar-refractivity contribution < 1.29 is 39.3 Å². The highest BCUT2D eigenvalue weighted by Gasteiger charge is 2.36. The van der Waals surface area contributed by atoms with E-state index in [-0.39, 0.29) is 53.6 Å². The number of ketones is 2. The first kappa shape index (κ1) is 44.1. The van der Waals surface area contributed by atoms with Crippen molar-refractivity contribution >= 4 is 29.4 Å². The number of carboxylic acids is 1. The number of unbranched alkanes of at least 4 members (excludes halogenated alkanes) is 11. The van der Waals surface area contributed by atoms with E-state index in [2.05, 4.69) is 12.2 Å². The van der Waals surface area contributed by atoms with Gasteiger partial charge in [-0.25, -0.2) is 4.79 Å². The number of aromatic hydroxyl groups is 2. The van der Waals surface area contributed by atoms with Crippen LogP contribution in [0.15, 0.2) is 36.4 Å². The van der Waals surface area contributed by atoms with Crippen LogP contribution >= 0.6 is 0 Å². The maximum atomic E-state index is 14.3. The molecule has 0 aromatic heterocycles. The summed E-state index contributed by atoms with van der Waals surface area (Å²) in [6, 6.07) is 6.39. The Bertz CT molecular complexity index is 1560. The average Bonchev–Trinajstić information content (AvgIpc) is 3.13. The van der Waals surface area contributed by atoms with E-state index in [1.54, 1.807) is 6.07 Å². The zero-order valence-electron chi connectivity index (χ0n) is 32.6. The summed E-state index contributed by atoms with van der Waals surface area (Å²) in [5, 5.41) is 34.2. The van der Waals surface area contributed by atoms with Gasteiger partial charge in [0.25, 0.3) is 0 Å². The molecule has 0 radical (unpaired) electrons. The topological polar surface area (TPSA) is 187 Å². The number of carboxylic acid groups (broad SMARTS) is 1. The quantitative estimate of drug-likeness (QED) is 0.0811. The molecule has 11 heteroatoms. The molecule has 298 valence electrons. The lowest BCUT2D eigenvalue weighted by molar-refractivity contribution is -0.144. The minimum absolute atomic E-state index is 0.00307. The molecule has 1 aliphatic heterocycles. The molecule has 6 N–H and O–H groups in total. The molecular formula is C43H63N3O8. The molecule has 0 saturated carbocycles. The lowest BCUT2D eigenvalue weighted by atomic mass is 9.88.